The van der Waals surface area contributed by atoms with Gasteiger partial charge in [-0.3, -0.25) is 9.59 Å². The standard InChI is InChI=1S/C20H19IN2O4/c1-26-15-6-9(5-14(21)18(15)27-2)8-22-23-19(24)16-10-3-4-11(13-7-12(10)13)17(16)20(23)25/h3-6,8,10-13,16-17H,7H2,1-2H3/b22-8-/t10-,11-,12-,13-,16-,17+/m1/s1. The van der Waals surface area contributed by atoms with Gasteiger partial charge in [0.25, 0.3) is 11.8 Å². The van der Waals surface area contributed by atoms with E-state index in [1.54, 1.807) is 26.5 Å². The highest BCUT2D eigenvalue weighted by Gasteiger charge is 2.67. The van der Waals surface area contributed by atoms with E-state index in [0.717, 1.165) is 20.6 Å². The average molecular weight is 478 g/mol. The Balaban J connectivity index is 1.43. The summed E-state index contributed by atoms with van der Waals surface area (Å²) in [4.78, 5) is 25.9. The maximum Gasteiger partial charge on any atom is 0.254 e. The Morgan fingerprint density at radius 1 is 1.07 bits per heavy atom. The Morgan fingerprint density at radius 3 is 2.26 bits per heavy atom. The molecule has 3 fully saturated rings. The fraction of sp³-hybridized carbons (Fsp3) is 0.450. The van der Waals surface area contributed by atoms with Crippen LogP contribution in [0.1, 0.15) is 12.0 Å². The first-order valence-corrected chi connectivity index (χ1v) is 10.1. The third-order valence-electron chi connectivity index (χ3n) is 6.42. The van der Waals surface area contributed by atoms with Gasteiger partial charge in [0.2, 0.25) is 0 Å². The fourth-order valence-corrected chi connectivity index (χ4v) is 6.04. The Morgan fingerprint density at radius 2 is 1.70 bits per heavy atom. The number of carbonyl (C=O) groups excluding carboxylic acids is 2. The first-order valence-electron chi connectivity index (χ1n) is 9.06. The average Bonchev–Trinajstić information content (AvgIpc) is 3.45. The smallest absolute Gasteiger partial charge is 0.254 e. The van der Waals surface area contributed by atoms with Crippen LogP contribution in [0.15, 0.2) is 29.4 Å². The maximum absolute atomic E-state index is 12.9. The minimum Gasteiger partial charge on any atom is -0.493 e. The third-order valence-corrected chi connectivity index (χ3v) is 7.22. The minimum atomic E-state index is -0.223. The van der Waals surface area contributed by atoms with E-state index in [0.29, 0.717) is 23.3 Å². The van der Waals surface area contributed by atoms with Crippen molar-refractivity contribution in [3.63, 3.8) is 0 Å². The van der Waals surface area contributed by atoms with Crippen molar-refractivity contribution in [3.05, 3.63) is 33.4 Å². The van der Waals surface area contributed by atoms with Gasteiger partial charge in [-0.2, -0.15) is 10.1 Å². The van der Waals surface area contributed by atoms with Crippen LogP contribution in [-0.4, -0.2) is 37.3 Å². The predicted octanol–water partition coefficient (Wildman–Crippen LogP) is 2.70. The number of carbonyl (C=O) groups is 2. The number of hydrogen-bond donors (Lipinski definition) is 0. The summed E-state index contributed by atoms with van der Waals surface area (Å²) in [5, 5.41) is 5.36. The molecule has 2 saturated carbocycles. The molecule has 6 atom stereocenters. The number of methoxy groups -OCH3 is 2. The molecule has 4 aliphatic carbocycles. The van der Waals surface area contributed by atoms with Crippen molar-refractivity contribution < 1.29 is 19.1 Å². The monoisotopic (exact) mass is 478 g/mol. The summed E-state index contributed by atoms with van der Waals surface area (Å²) in [6.45, 7) is 0. The molecule has 5 aliphatic rings. The molecule has 140 valence electrons. The summed E-state index contributed by atoms with van der Waals surface area (Å²) in [5.74, 6) is 2.09. The molecule has 0 spiro atoms. The molecule has 1 saturated heterocycles. The lowest BCUT2D eigenvalue weighted by molar-refractivity contribution is -0.140. The van der Waals surface area contributed by atoms with Crippen LogP contribution < -0.4 is 9.47 Å². The second-order valence-corrected chi connectivity index (χ2v) is 8.79. The number of allylic oxidation sites excluding steroid dienone is 2. The number of rotatable bonds is 4. The van der Waals surface area contributed by atoms with Crippen LogP contribution in [0.3, 0.4) is 0 Å². The SMILES string of the molecule is COc1cc(/C=N\N2C(=O)[C@@H]3[C@@H]4C=C[C@H]([C@H]5C[C@H]45)[C@@H]3C2=O)cc(I)c1OC. The Kier molecular flexibility index (Phi) is 3.86. The van der Waals surface area contributed by atoms with E-state index in [9.17, 15) is 9.59 Å². The number of hydrazone groups is 1. The van der Waals surface area contributed by atoms with E-state index < -0.39 is 0 Å². The molecule has 0 N–H and O–H groups in total. The van der Waals surface area contributed by atoms with Gasteiger partial charge >= 0.3 is 0 Å². The van der Waals surface area contributed by atoms with Crippen LogP contribution >= 0.6 is 22.6 Å². The van der Waals surface area contributed by atoms with Crippen LogP contribution in [-0.2, 0) is 9.59 Å². The normalized spacial score (nSPS) is 35.6. The van der Waals surface area contributed by atoms with Crippen molar-refractivity contribution >= 4 is 40.6 Å². The number of halogens is 1. The van der Waals surface area contributed by atoms with Gasteiger partial charge in [0.15, 0.2) is 11.5 Å². The number of benzene rings is 1. The van der Waals surface area contributed by atoms with E-state index in [2.05, 4.69) is 39.8 Å². The lowest BCUT2D eigenvalue weighted by Gasteiger charge is -2.37. The predicted molar refractivity (Wildman–Crippen MR) is 106 cm³/mol. The van der Waals surface area contributed by atoms with Crippen molar-refractivity contribution in [1.82, 2.24) is 5.01 Å². The van der Waals surface area contributed by atoms with Gasteiger partial charge in [-0.05, 0) is 70.4 Å². The first kappa shape index (κ1) is 17.2. The molecular weight excluding hydrogens is 459 g/mol. The zero-order chi connectivity index (χ0) is 18.9. The zero-order valence-electron chi connectivity index (χ0n) is 15.0. The van der Waals surface area contributed by atoms with Crippen LogP contribution in [0.5, 0.6) is 11.5 Å². The Bertz CT molecular complexity index is 875. The van der Waals surface area contributed by atoms with Gasteiger partial charge in [0.1, 0.15) is 0 Å². The largest absolute Gasteiger partial charge is 0.493 e. The lowest BCUT2D eigenvalue weighted by atomic mass is 9.63. The van der Waals surface area contributed by atoms with Crippen molar-refractivity contribution in [2.24, 2.45) is 40.6 Å². The number of amides is 2. The minimum absolute atomic E-state index is 0.152. The zero-order valence-corrected chi connectivity index (χ0v) is 17.1. The highest BCUT2D eigenvalue weighted by molar-refractivity contribution is 14.1. The summed E-state index contributed by atoms with van der Waals surface area (Å²) in [6.07, 6.45) is 7.03. The molecule has 6 rings (SSSR count). The fourth-order valence-electron chi connectivity index (χ4n) is 5.19. The van der Waals surface area contributed by atoms with Crippen LogP contribution in [0.2, 0.25) is 0 Å². The van der Waals surface area contributed by atoms with E-state index in [1.807, 2.05) is 6.07 Å². The number of nitrogens with zero attached hydrogens (tertiary/aromatic N) is 2. The van der Waals surface area contributed by atoms with Gasteiger partial charge in [0.05, 0.1) is 35.8 Å². The van der Waals surface area contributed by atoms with Gasteiger partial charge in [0, 0.05) is 0 Å². The maximum atomic E-state index is 12.9. The molecular formula is C20H19IN2O4. The Labute approximate surface area is 170 Å². The van der Waals surface area contributed by atoms with Gasteiger partial charge in [-0.25, -0.2) is 0 Å². The molecule has 1 aromatic carbocycles. The molecule has 0 radical (unpaired) electrons. The molecule has 0 unspecified atom stereocenters. The van der Waals surface area contributed by atoms with Gasteiger partial charge in [-0.1, -0.05) is 12.2 Å². The van der Waals surface area contributed by atoms with Gasteiger partial charge < -0.3 is 9.47 Å². The topological polar surface area (TPSA) is 68.2 Å². The summed E-state index contributed by atoms with van der Waals surface area (Å²) in [5.41, 5.74) is 0.747. The molecule has 1 aliphatic heterocycles. The van der Waals surface area contributed by atoms with Crippen LogP contribution in [0, 0.1) is 39.1 Å². The number of ether oxygens (including phenoxy) is 2. The van der Waals surface area contributed by atoms with Crippen LogP contribution in [0.4, 0.5) is 0 Å². The summed E-state index contributed by atoms with van der Waals surface area (Å²) in [7, 11) is 3.16. The molecule has 1 heterocycles. The molecule has 1 aromatic rings. The van der Waals surface area contributed by atoms with E-state index in [4.69, 9.17) is 9.47 Å². The van der Waals surface area contributed by atoms with Crippen molar-refractivity contribution in [2.45, 2.75) is 6.42 Å². The van der Waals surface area contributed by atoms with Gasteiger partial charge in [-0.15, -0.1) is 0 Å². The van der Waals surface area contributed by atoms with E-state index in [1.165, 1.54) is 0 Å². The van der Waals surface area contributed by atoms with E-state index >= 15 is 0 Å². The molecule has 27 heavy (non-hydrogen) atoms. The first-order chi connectivity index (χ1) is 13.0. The van der Waals surface area contributed by atoms with Crippen molar-refractivity contribution in [2.75, 3.05) is 14.2 Å². The lowest BCUT2D eigenvalue weighted by Crippen LogP contribution is -2.40. The summed E-state index contributed by atoms with van der Waals surface area (Å²) < 4.78 is 11.6. The number of hydrogen-bond acceptors (Lipinski definition) is 5. The third kappa shape index (κ3) is 2.40. The summed E-state index contributed by atoms with van der Waals surface area (Å²) in [6, 6.07) is 3.66. The second-order valence-electron chi connectivity index (χ2n) is 7.63. The quantitative estimate of drug-likeness (QED) is 0.289. The highest BCUT2D eigenvalue weighted by Crippen LogP contribution is 2.65. The molecule has 0 aromatic heterocycles. The second kappa shape index (κ2) is 6.05. The highest BCUT2D eigenvalue weighted by atomic mass is 127. The number of imide groups is 1. The Hall–Kier alpha value is -1.90. The van der Waals surface area contributed by atoms with E-state index in [-0.39, 0.29) is 35.5 Å². The summed E-state index contributed by atoms with van der Waals surface area (Å²) >= 11 is 2.16. The van der Waals surface area contributed by atoms with Crippen molar-refractivity contribution in [1.29, 1.82) is 0 Å². The molecule has 6 nitrogen and oxygen atoms in total. The molecule has 2 bridgehead atoms. The molecule has 7 heteroatoms. The molecule has 2 amide bonds. The van der Waals surface area contributed by atoms with Crippen molar-refractivity contribution in [3.8, 4) is 11.5 Å². The van der Waals surface area contributed by atoms with Crippen LogP contribution in [0.25, 0.3) is 0 Å².